The van der Waals surface area contributed by atoms with Crippen LogP contribution in [0.5, 0.6) is 0 Å². The molecule has 2 N–H and O–H groups in total. The molecule has 3 nitrogen and oxygen atoms in total. The van der Waals surface area contributed by atoms with Gasteiger partial charge in [0.1, 0.15) is 0 Å². The van der Waals surface area contributed by atoms with Gasteiger partial charge in [-0.25, -0.2) is 0 Å². The first-order valence-corrected chi connectivity index (χ1v) is 6.81. The van der Waals surface area contributed by atoms with Crippen molar-refractivity contribution in [3.05, 3.63) is 34.3 Å². The zero-order valence-corrected chi connectivity index (χ0v) is 11.3. The molecule has 0 saturated carbocycles. The molecule has 1 aliphatic heterocycles. The Bertz CT molecular complexity index is 389. The first-order valence-electron chi connectivity index (χ1n) is 6.02. The fraction of sp³-hybridized carbons (Fsp3) is 0.462. The zero-order valence-electron chi connectivity index (χ0n) is 9.71. The van der Waals surface area contributed by atoms with Crippen molar-refractivity contribution in [3.8, 4) is 0 Å². The van der Waals surface area contributed by atoms with E-state index in [2.05, 4.69) is 26.6 Å². The van der Waals surface area contributed by atoms with Gasteiger partial charge >= 0.3 is 0 Å². The Morgan fingerprint density at radius 1 is 1.41 bits per heavy atom. The van der Waals surface area contributed by atoms with Crippen LogP contribution in [0.1, 0.15) is 24.8 Å². The van der Waals surface area contributed by atoms with Gasteiger partial charge in [0, 0.05) is 11.0 Å². The van der Waals surface area contributed by atoms with E-state index >= 15 is 0 Å². The van der Waals surface area contributed by atoms with Gasteiger partial charge < -0.3 is 10.6 Å². The summed E-state index contributed by atoms with van der Waals surface area (Å²) in [6.45, 7) is 1.53. The molecule has 17 heavy (non-hydrogen) atoms. The second kappa shape index (κ2) is 6.17. The number of benzene rings is 1. The molecule has 1 unspecified atom stereocenters. The number of carbonyl (C=O) groups excluding carboxylic acids is 1. The van der Waals surface area contributed by atoms with Crippen molar-refractivity contribution in [2.75, 3.05) is 6.54 Å². The minimum Gasteiger partial charge on any atom is -0.351 e. The Morgan fingerprint density at radius 3 is 2.94 bits per heavy atom. The molecule has 1 saturated heterocycles. The third kappa shape index (κ3) is 3.54. The van der Waals surface area contributed by atoms with Crippen LogP contribution in [0.4, 0.5) is 0 Å². The van der Waals surface area contributed by atoms with E-state index in [1.807, 2.05) is 24.3 Å². The highest BCUT2D eigenvalue weighted by Crippen LogP contribution is 2.15. The molecule has 1 aromatic carbocycles. The predicted molar refractivity (Wildman–Crippen MR) is 71.6 cm³/mol. The van der Waals surface area contributed by atoms with Crippen molar-refractivity contribution in [2.45, 2.75) is 31.8 Å². The molecule has 4 heteroatoms. The topological polar surface area (TPSA) is 41.1 Å². The molecule has 0 aromatic heterocycles. The van der Waals surface area contributed by atoms with E-state index in [9.17, 15) is 4.79 Å². The second-order valence-electron chi connectivity index (χ2n) is 4.31. The minimum absolute atomic E-state index is 0.00811. The lowest BCUT2D eigenvalue weighted by Crippen LogP contribution is -2.46. The molecular formula is C13H17BrN2O. The molecule has 1 aliphatic rings. The maximum absolute atomic E-state index is 11.9. The van der Waals surface area contributed by atoms with Gasteiger partial charge in [-0.2, -0.15) is 0 Å². The summed E-state index contributed by atoms with van der Waals surface area (Å²) in [6, 6.07) is 7.94. The van der Waals surface area contributed by atoms with Crippen LogP contribution in [0.2, 0.25) is 0 Å². The van der Waals surface area contributed by atoms with Gasteiger partial charge in [-0.3, -0.25) is 4.79 Å². The van der Waals surface area contributed by atoms with Gasteiger partial charge in [-0.05, 0) is 31.0 Å². The van der Waals surface area contributed by atoms with Crippen molar-refractivity contribution in [3.63, 3.8) is 0 Å². The molecule has 1 heterocycles. The predicted octanol–water partition coefficient (Wildman–Crippen LogP) is 2.21. The monoisotopic (exact) mass is 296 g/mol. The van der Waals surface area contributed by atoms with Gasteiger partial charge in [0.25, 0.3) is 0 Å². The number of piperidine rings is 1. The average molecular weight is 297 g/mol. The van der Waals surface area contributed by atoms with Crippen LogP contribution in [-0.4, -0.2) is 18.5 Å². The molecule has 2 rings (SSSR count). The van der Waals surface area contributed by atoms with E-state index in [1.165, 1.54) is 6.42 Å². The lowest BCUT2D eigenvalue weighted by Gasteiger charge is -2.22. The Hall–Kier alpha value is -0.870. The average Bonchev–Trinajstić information content (AvgIpc) is 2.38. The number of nitrogens with one attached hydrogen (secondary N) is 2. The van der Waals surface area contributed by atoms with E-state index < -0.39 is 0 Å². The molecule has 0 spiro atoms. The van der Waals surface area contributed by atoms with Gasteiger partial charge in [0.15, 0.2) is 0 Å². The van der Waals surface area contributed by atoms with E-state index in [1.54, 1.807) is 0 Å². The third-order valence-electron chi connectivity index (χ3n) is 3.04. The van der Waals surface area contributed by atoms with Gasteiger partial charge in [0.05, 0.1) is 6.04 Å². The Labute approximate surface area is 110 Å². The third-order valence-corrected chi connectivity index (χ3v) is 3.81. The molecule has 1 fully saturated rings. The zero-order chi connectivity index (χ0) is 12.1. The quantitative estimate of drug-likeness (QED) is 0.898. The van der Waals surface area contributed by atoms with Gasteiger partial charge in [-0.15, -0.1) is 0 Å². The summed E-state index contributed by atoms with van der Waals surface area (Å²) >= 11 is 3.48. The Kier molecular flexibility index (Phi) is 4.57. The van der Waals surface area contributed by atoms with E-state index in [-0.39, 0.29) is 11.9 Å². The maximum Gasteiger partial charge on any atom is 0.237 e. The van der Waals surface area contributed by atoms with Crippen LogP contribution < -0.4 is 10.6 Å². The highest BCUT2D eigenvalue weighted by atomic mass is 79.9. The summed E-state index contributed by atoms with van der Waals surface area (Å²) in [5, 5.41) is 6.22. The van der Waals surface area contributed by atoms with Crippen LogP contribution in [-0.2, 0) is 11.3 Å². The molecule has 1 aromatic rings. The number of carbonyl (C=O) groups is 1. The molecule has 0 aliphatic carbocycles. The van der Waals surface area contributed by atoms with Crippen LogP contribution >= 0.6 is 15.9 Å². The van der Waals surface area contributed by atoms with Crippen molar-refractivity contribution in [1.82, 2.24) is 10.6 Å². The van der Waals surface area contributed by atoms with E-state index in [4.69, 9.17) is 0 Å². The molecule has 1 amide bonds. The molecule has 0 bridgehead atoms. The van der Waals surface area contributed by atoms with Crippen LogP contribution in [0.3, 0.4) is 0 Å². The summed E-state index contributed by atoms with van der Waals surface area (Å²) in [4.78, 5) is 11.9. The fourth-order valence-corrected chi connectivity index (χ4v) is 2.45. The molecule has 1 atom stereocenters. The minimum atomic E-state index is -0.00811. The van der Waals surface area contributed by atoms with Crippen LogP contribution in [0.15, 0.2) is 28.7 Å². The van der Waals surface area contributed by atoms with Gasteiger partial charge in [-0.1, -0.05) is 40.5 Å². The summed E-state index contributed by atoms with van der Waals surface area (Å²) in [5.74, 6) is 0.112. The van der Waals surface area contributed by atoms with E-state index in [0.717, 1.165) is 29.4 Å². The standard InChI is InChI=1S/C13H17BrN2O/c14-11-6-2-1-5-10(11)9-16-13(17)12-7-3-4-8-15-12/h1-2,5-6,12,15H,3-4,7-9H2,(H,16,17). The highest BCUT2D eigenvalue weighted by molar-refractivity contribution is 9.10. The maximum atomic E-state index is 11.9. The summed E-state index contributed by atoms with van der Waals surface area (Å²) in [5.41, 5.74) is 1.11. The molecular weight excluding hydrogens is 280 g/mol. The lowest BCUT2D eigenvalue weighted by molar-refractivity contribution is -0.123. The summed E-state index contributed by atoms with van der Waals surface area (Å²) < 4.78 is 1.04. The SMILES string of the molecule is O=C(NCc1ccccc1Br)C1CCCCN1. The van der Waals surface area contributed by atoms with Crippen molar-refractivity contribution in [1.29, 1.82) is 0 Å². The largest absolute Gasteiger partial charge is 0.351 e. The Morgan fingerprint density at radius 2 is 2.24 bits per heavy atom. The summed E-state index contributed by atoms with van der Waals surface area (Å²) in [6.07, 6.45) is 3.26. The van der Waals surface area contributed by atoms with Crippen molar-refractivity contribution in [2.24, 2.45) is 0 Å². The Balaban J connectivity index is 1.85. The number of hydrogen-bond donors (Lipinski definition) is 2. The summed E-state index contributed by atoms with van der Waals surface area (Å²) in [7, 11) is 0. The lowest BCUT2D eigenvalue weighted by atomic mass is 10.0. The normalized spacial score (nSPS) is 19.9. The van der Waals surface area contributed by atoms with Crippen LogP contribution in [0, 0.1) is 0 Å². The van der Waals surface area contributed by atoms with Gasteiger partial charge in [0.2, 0.25) is 5.91 Å². The highest BCUT2D eigenvalue weighted by Gasteiger charge is 2.19. The number of hydrogen-bond acceptors (Lipinski definition) is 2. The van der Waals surface area contributed by atoms with Crippen molar-refractivity contribution >= 4 is 21.8 Å². The first kappa shape index (κ1) is 12.6. The number of rotatable bonds is 3. The number of amides is 1. The molecule has 0 radical (unpaired) electrons. The number of halogens is 1. The second-order valence-corrected chi connectivity index (χ2v) is 5.17. The van der Waals surface area contributed by atoms with Crippen LogP contribution in [0.25, 0.3) is 0 Å². The fourth-order valence-electron chi connectivity index (χ4n) is 2.02. The first-order chi connectivity index (χ1) is 8.27. The smallest absolute Gasteiger partial charge is 0.237 e. The molecule has 92 valence electrons. The van der Waals surface area contributed by atoms with Crippen molar-refractivity contribution < 1.29 is 4.79 Å². The van der Waals surface area contributed by atoms with E-state index in [0.29, 0.717) is 6.54 Å².